The fourth-order valence-corrected chi connectivity index (χ4v) is 1.25. The van der Waals surface area contributed by atoms with E-state index in [1.54, 1.807) is 12.1 Å². The highest BCUT2D eigenvalue weighted by atomic mass is 35.5. The summed E-state index contributed by atoms with van der Waals surface area (Å²) in [6, 6.07) is 4.79. The molecule has 0 amide bonds. The van der Waals surface area contributed by atoms with Crippen molar-refractivity contribution in [1.29, 1.82) is 0 Å². The number of ether oxygens (including phenoxy) is 2. The summed E-state index contributed by atoms with van der Waals surface area (Å²) >= 11 is 5.88. The average molecular weight is 246 g/mol. The molecular weight excluding hydrogens is 230 g/mol. The molecule has 0 bridgehead atoms. The second-order valence-corrected chi connectivity index (χ2v) is 2.98. The molecule has 5 heteroatoms. The predicted molar refractivity (Wildman–Crippen MR) is 64.1 cm³/mol. The van der Waals surface area contributed by atoms with Crippen molar-refractivity contribution in [3.63, 3.8) is 0 Å². The average Bonchev–Trinajstić information content (AvgIpc) is 2.33. The molecule has 1 aromatic rings. The molecule has 0 spiro atoms. The molecule has 0 saturated heterocycles. The number of hydrogen-bond donors (Lipinski definition) is 1. The zero-order valence-electron chi connectivity index (χ0n) is 9.62. The first-order valence-electron chi connectivity index (χ1n) is 4.77. The van der Waals surface area contributed by atoms with E-state index in [1.807, 2.05) is 6.92 Å². The Kier molecular flexibility index (Phi) is 7.33. The van der Waals surface area contributed by atoms with Crippen LogP contribution in [0.2, 0.25) is 5.02 Å². The maximum Gasteiger partial charge on any atom is 0.337 e. The Morgan fingerprint density at radius 3 is 2.50 bits per heavy atom. The van der Waals surface area contributed by atoms with Gasteiger partial charge in [0.2, 0.25) is 0 Å². The smallest absolute Gasteiger partial charge is 0.337 e. The highest BCUT2D eigenvalue weighted by molar-refractivity contribution is 6.32. The number of nitrogens with two attached hydrogens (primary N) is 1. The van der Waals surface area contributed by atoms with Gasteiger partial charge in [-0.15, -0.1) is 0 Å². The van der Waals surface area contributed by atoms with Crippen LogP contribution in [0.4, 0.5) is 0 Å². The molecule has 16 heavy (non-hydrogen) atoms. The van der Waals surface area contributed by atoms with Crippen LogP contribution in [0, 0.1) is 0 Å². The first-order valence-corrected chi connectivity index (χ1v) is 5.15. The molecule has 0 atom stereocenters. The predicted octanol–water partition coefficient (Wildman–Crippen LogP) is 2.10. The summed E-state index contributed by atoms with van der Waals surface area (Å²) in [7, 11) is 2.83. The Morgan fingerprint density at radius 1 is 1.44 bits per heavy atom. The second-order valence-electron chi connectivity index (χ2n) is 2.57. The largest absolute Gasteiger partial charge is 0.492 e. The van der Waals surface area contributed by atoms with Crippen molar-refractivity contribution >= 4 is 17.6 Å². The van der Waals surface area contributed by atoms with Gasteiger partial charge in [0.05, 0.1) is 24.3 Å². The number of esters is 1. The Hall–Kier alpha value is -1.26. The van der Waals surface area contributed by atoms with Crippen molar-refractivity contribution in [1.82, 2.24) is 0 Å². The summed E-state index contributed by atoms with van der Waals surface area (Å²) in [5, 5.41) is 0.412. The van der Waals surface area contributed by atoms with E-state index < -0.39 is 5.97 Å². The first-order chi connectivity index (χ1) is 7.69. The maximum absolute atomic E-state index is 11.1. The van der Waals surface area contributed by atoms with Gasteiger partial charge in [-0.25, -0.2) is 4.79 Å². The summed E-state index contributed by atoms with van der Waals surface area (Å²) < 4.78 is 9.77. The van der Waals surface area contributed by atoms with Crippen molar-refractivity contribution < 1.29 is 14.3 Å². The topological polar surface area (TPSA) is 61.5 Å². The monoisotopic (exact) mass is 245 g/mol. The van der Waals surface area contributed by atoms with E-state index in [0.717, 1.165) is 0 Å². The van der Waals surface area contributed by atoms with Crippen LogP contribution in [0.3, 0.4) is 0 Å². The number of carbonyl (C=O) groups is 1. The van der Waals surface area contributed by atoms with Crippen LogP contribution >= 0.6 is 11.6 Å². The van der Waals surface area contributed by atoms with E-state index in [2.05, 4.69) is 10.5 Å². The van der Waals surface area contributed by atoms with Crippen LogP contribution in [-0.2, 0) is 4.74 Å². The lowest BCUT2D eigenvalue weighted by atomic mass is 10.2. The van der Waals surface area contributed by atoms with Crippen LogP contribution in [0.25, 0.3) is 0 Å². The van der Waals surface area contributed by atoms with Gasteiger partial charge in [0.25, 0.3) is 0 Å². The molecule has 0 aromatic heterocycles. The van der Waals surface area contributed by atoms with Gasteiger partial charge < -0.3 is 15.2 Å². The highest BCUT2D eigenvalue weighted by Crippen LogP contribution is 2.25. The van der Waals surface area contributed by atoms with Crippen molar-refractivity contribution in [2.24, 2.45) is 5.73 Å². The lowest BCUT2D eigenvalue weighted by Crippen LogP contribution is -2.01. The van der Waals surface area contributed by atoms with Gasteiger partial charge >= 0.3 is 5.97 Å². The van der Waals surface area contributed by atoms with E-state index in [-0.39, 0.29) is 0 Å². The molecule has 0 aliphatic carbocycles. The standard InChI is InChI=1S/C10H11ClO3.CH5N/c1-3-14-9-5-4-7(6-8(9)11)10(12)13-2;1-2/h4-6H,3H2,1-2H3;2H2,1H3. The summed E-state index contributed by atoms with van der Waals surface area (Å²) in [4.78, 5) is 11.1. The summed E-state index contributed by atoms with van der Waals surface area (Å²) in [5.74, 6) is 0.164. The van der Waals surface area contributed by atoms with Crippen LogP contribution in [0.5, 0.6) is 5.75 Å². The fourth-order valence-electron chi connectivity index (χ4n) is 1.02. The second kappa shape index (κ2) is 7.96. The number of rotatable bonds is 3. The normalized spacial score (nSPS) is 8.81. The van der Waals surface area contributed by atoms with Crippen LogP contribution in [0.1, 0.15) is 17.3 Å². The quantitative estimate of drug-likeness (QED) is 0.829. The molecular formula is C11H16ClNO3. The van der Waals surface area contributed by atoms with Gasteiger partial charge in [0, 0.05) is 0 Å². The van der Waals surface area contributed by atoms with Crippen molar-refractivity contribution in [2.45, 2.75) is 6.92 Å². The lowest BCUT2D eigenvalue weighted by Gasteiger charge is -2.06. The van der Waals surface area contributed by atoms with Crippen LogP contribution in [-0.4, -0.2) is 26.7 Å². The minimum absolute atomic E-state index is 0.407. The molecule has 0 aliphatic rings. The van der Waals surface area contributed by atoms with E-state index in [0.29, 0.717) is 22.9 Å². The Balaban J connectivity index is 0.00000106. The number of hydrogen-bond acceptors (Lipinski definition) is 4. The molecule has 0 fully saturated rings. The Bertz CT molecular complexity index is 342. The minimum Gasteiger partial charge on any atom is -0.492 e. The molecule has 4 nitrogen and oxygen atoms in total. The molecule has 2 N–H and O–H groups in total. The van der Waals surface area contributed by atoms with Gasteiger partial charge in [0.1, 0.15) is 5.75 Å². The number of halogens is 1. The molecule has 1 rings (SSSR count). The number of methoxy groups -OCH3 is 1. The maximum atomic E-state index is 11.1. The van der Waals surface area contributed by atoms with Crippen molar-refractivity contribution in [3.05, 3.63) is 28.8 Å². The molecule has 0 aliphatic heterocycles. The zero-order valence-corrected chi connectivity index (χ0v) is 10.4. The van der Waals surface area contributed by atoms with E-state index in [1.165, 1.54) is 20.2 Å². The molecule has 0 unspecified atom stereocenters. The SMILES string of the molecule is CCOc1ccc(C(=O)OC)cc1Cl.CN. The molecule has 90 valence electrons. The van der Waals surface area contributed by atoms with Gasteiger partial charge in [-0.2, -0.15) is 0 Å². The zero-order chi connectivity index (χ0) is 12.6. The molecule has 0 heterocycles. The van der Waals surface area contributed by atoms with E-state index in [4.69, 9.17) is 16.3 Å². The minimum atomic E-state index is -0.407. The van der Waals surface area contributed by atoms with Crippen LogP contribution < -0.4 is 10.5 Å². The fraction of sp³-hybridized carbons (Fsp3) is 0.364. The van der Waals surface area contributed by atoms with Crippen molar-refractivity contribution in [2.75, 3.05) is 20.8 Å². The van der Waals surface area contributed by atoms with Gasteiger partial charge in [0.15, 0.2) is 0 Å². The van der Waals surface area contributed by atoms with Gasteiger partial charge in [-0.3, -0.25) is 0 Å². The van der Waals surface area contributed by atoms with Crippen molar-refractivity contribution in [3.8, 4) is 5.75 Å². The molecule has 1 aromatic carbocycles. The highest BCUT2D eigenvalue weighted by Gasteiger charge is 2.08. The number of carbonyl (C=O) groups excluding carboxylic acids is 1. The van der Waals surface area contributed by atoms with Crippen LogP contribution in [0.15, 0.2) is 18.2 Å². The molecule has 0 radical (unpaired) electrons. The Labute approximate surface area is 100 Å². The summed E-state index contributed by atoms with van der Waals surface area (Å²) in [5.41, 5.74) is 4.92. The van der Waals surface area contributed by atoms with Gasteiger partial charge in [-0.1, -0.05) is 11.6 Å². The third-order valence-corrected chi connectivity index (χ3v) is 1.95. The van der Waals surface area contributed by atoms with E-state index >= 15 is 0 Å². The van der Waals surface area contributed by atoms with Gasteiger partial charge in [-0.05, 0) is 32.2 Å². The number of benzene rings is 1. The third kappa shape index (κ3) is 4.08. The summed E-state index contributed by atoms with van der Waals surface area (Å²) in [6.45, 7) is 2.40. The van der Waals surface area contributed by atoms with E-state index in [9.17, 15) is 4.79 Å². The lowest BCUT2D eigenvalue weighted by molar-refractivity contribution is 0.0600. The molecule has 0 saturated carbocycles. The first kappa shape index (κ1) is 14.7. The Morgan fingerprint density at radius 2 is 2.06 bits per heavy atom. The summed E-state index contributed by atoms with van der Waals surface area (Å²) in [6.07, 6.45) is 0. The third-order valence-electron chi connectivity index (χ3n) is 1.65.